The van der Waals surface area contributed by atoms with Gasteiger partial charge in [0.25, 0.3) is 0 Å². The van der Waals surface area contributed by atoms with Gasteiger partial charge in [0, 0.05) is 6.26 Å². The van der Waals surface area contributed by atoms with Gasteiger partial charge in [0.2, 0.25) is 0 Å². The van der Waals surface area contributed by atoms with Crippen molar-refractivity contribution in [3.8, 4) is 0 Å². The van der Waals surface area contributed by atoms with Crippen molar-refractivity contribution in [1.82, 2.24) is 0 Å². The van der Waals surface area contributed by atoms with Crippen molar-refractivity contribution in [1.29, 1.82) is 0 Å². The number of benzene rings is 3. The molecular weight excluding hydrogens is 369 g/mol. The number of rotatable bonds is 5. The monoisotopic (exact) mass is 387 g/mol. The maximum atomic E-state index is 13.8. The van der Waals surface area contributed by atoms with Crippen LogP contribution in [0.3, 0.4) is 0 Å². The molecule has 0 aliphatic carbocycles. The third kappa shape index (κ3) is 4.45. The van der Waals surface area contributed by atoms with E-state index >= 15 is 0 Å². The average Bonchev–Trinajstić information content (AvgIpc) is 2.58. The first-order valence-electron chi connectivity index (χ1n) is 7.92. The molecule has 6 heteroatoms. The number of hydrogen-bond acceptors (Lipinski definition) is 2. The highest BCUT2D eigenvalue weighted by atomic mass is 32.2. The Labute approximate surface area is 156 Å². The third-order valence-corrected chi connectivity index (χ3v) is 6.44. The lowest BCUT2D eigenvalue weighted by Gasteiger charge is -2.22. The zero-order valence-electron chi connectivity index (χ0n) is 14.4. The Balaban J connectivity index is 2.21. The third-order valence-electron chi connectivity index (χ3n) is 3.64. The minimum atomic E-state index is -3.66. The normalized spacial score (nSPS) is 12.6. The van der Waals surface area contributed by atoms with Gasteiger partial charge in [0.05, 0.1) is 20.9 Å². The number of sulfonamides is 1. The quantitative estimate of drug-likeness (QED) is 0.565. The lowest BCUT2D eigenvalue weighted by Crippen LogP contribution is -2.06. The largest absolute Gasteiger partial charge is 0.573 e. The SMILES string of the molecule is Cc1ccc([S+](c2ccccc2)c2ccc(F)cc2[N-]S(C)(=O)=O)cc1. The van der Waals surface area contributed by atoms with Gasteiger partial charge in [-0.2, -0.15) is 0 Å². The van der Waals surface area contributed by atoms with Gasteiger partial charge in [0.15, 0.2) is 14.7 Å². The lowest BCUT2D eigenvalue weighted by atomic mass is 10.2. The second-order valence-electron chi connectivity index (χ2n) is 5.87. The number of nitrogens with zero attached hydrogens (tertiary/aromatic N) is 1. The lowest BCUT2D eigenvalue weighted by molar-refractivity contribution is 0.608. The Hall–Kier alpha value is -2.31. The molecule has 3 rings (SSSR count). The molecule has 0 amide bonds. The van der Waals surface area contributed by atoms with E-state index in [4.69, 9.17) is 0 Å². The molecule has 3 aromatic rings. The molecule has 0 bridgehead atoms. The van der Waals surface area contributed by atoms with Crippen molar-refractivity contribution in [3.63, 3.8) is 0 Å². The molecular formula is C20H18FNO2S2. The van der Waals surface area contributed by atoms with Crippen LogP contribution in [0.25, 0.3) is 4.72 Å². The molecule has 1 atom stereocenters. The molecule has 134 valence electrons. The van der Waals surface area contributed by atoms with Crippen LogP contribution in [-0.4, -0.2) is 14.7 Å². The van der Waals surface area contributed by atoms with E-state index in [1.165, 1.54) is 12.1 Å². The van der Waals surface area contributed by atoms with Gasteiger partial charge in [-0.1, -0.05) is 41.6 Å². The molecule has 1 unspecified atom stereocenters. The van der Waals surface area contributed by atoms with Crippen LogP contribution < -0.4 is 0 Å². The first-order chi connectivity index (χ1) is 12.3. The van der Waals surface area contributed by atoms with E-state index in [1.54, 1.807) is 6.07 Å². The zero-order valence-corrected chi connectivity index (χ0v) is 16.0. The molecule has 0 fully saturated rings. The Morgan fingerprint density at radius 2 is 1.50 bits per heavy atom. The number of hydrogen-bond donors (Lipinski definition) is 0. The van der Waals surface area contributed by atoms with Crippen LogP contribution in [0.15, 0.2) is 87.5 Å². The molecule has 0 saturated carbocycles. The topological polar surface area (TPSA) is 48.2 Å². The molecule has 0 saturated heterocycles. The summed E-state index contributed by atoms with van der Waals surface area (Å²) in [7, 11) is -4.26. The minimum absolute atomic E-state index is 0.139. The molecule has 0 aliphatic heterocycles. The van der Waals surface area contributed by atoms with Crippen LogP contribution in [0.5, 0.6) is 0 Å². The summed E-state index contributed by atoms with van der Waals surface area (Å²) < 4.78 is 41.0. The molecule has 0 spiro atoms. The zero-order chi connectivity index (χ0) is 18.7. The summed E-state index contributed by atoms with van der Waals surface area (Å²) in [5.74, 6) is -0.517. The van der Waals surface area contributed by atoms with Gasteiger partial charge in [-0.15, -0.1) is 0 Å². The van der Waals surface area contributed by atoms with Gasteiger partial charge in [-0.3, -0.25) is 0 Å². The van der Waals surface area contributed by atoms with Gasteiger partial charge in [-0.25, -0.2) is 12.8 Å². The average molecular weight is 388 g/mol. The molecule has 0 radical (unpaired) electrons. The van der Waals surface area contributed by atoms with Crippen molar-refractivity contribution in [2.24, 2.45) is 0 Å². The summed E-state index contributed by atoms with van der Waals surface area (Å²) in [6, 6.07) is 21.9. The fraction of sp³-hybridized carbons (Fsp3) is 0.100. The number of halogens is 1. The summed E-state index contributed by atoms with van der Waals surface area (Å²) >= 11 is 0. The van der Waals surface area contributed by atoms with Crippen LogP contribution >= 0.6 is 0 Å². The smallest absolute Gasteiger partial charge is 0.166 e. The number of aryl methyl sites for hydroxylation is 1. The summed E-state index contributed by atoms with van der Waals surface area (Å²) in [4.78, 5) is 2.69. The van der Waals surface area contributed by atoms with Crippen LogP contribution in [0, 0.1) is 12.7 Å². The second kappa shape index (κ2) is 7.51. The predicted molar refractivity (Wildman–Crippen MR) is 104 cm³/mol. The van der Waals surface area contributed by atoms with Crippen molar-refractivity contribution in [3.05, 3.63) is 88.9 Å². The standard InChI is InChI=1S/C20H18FNO2S2/c1-15-8-11-18(12-9-15)25(17-6-4-3-5-7-17)20-13-10-16(21)14-19(20)22-26(2,23)24/h3-14H,1-2H3. The van der Waals surface area contributed by atoms with Crippen LogP contribution in [0.1, 0.15) is 5.56 Å². The van der Waals surface area contributed by atoms with Gasteiger partial charge < -0.3 is 4.72 Å². The molecule has 0 aromatic heterocycles. The van der Waals surface area contributed by atoms with Crippen LogP contribution in [-0.2, 0) is 20.9 Å². The van der Waals surface area contributed by atoms with E-state index in [-0.39, 0.29) is 5.69 Å². The van der Waals surface area contributed by atoms with Crippen LogP contribution in [0.2, 0.25) is 0 Å². The molecule has 26 heavy (non-hydrogen) atoms. The van der Waals surface area contributed by atoms with Crippen molar-refractivity contribution in [2.45, 2.75) is 21.6 Å². The Kier molecular flexibility index (Phi) is 5.34. The highest BCUT2D eigenvalue weighted by Gasteiger charge is 2.29. The van der Waals surface area contributed by atoms with Gasteiger partial charge in [0.1, 0.15) is 5.82 Å². The fourth-order valence-corrected chi connectivity index (χ4v) is 5.24. The Morgan fingerprint density at radius 1 is 0.885 bits per heavy atom. The minimum Gasteiger partial charge on any atom is -0.573 e. The highest BCUT2D eigenvalue weighted by Crippen LogP contribution is 2.39. The maximum absolute atomic E-state index is 13.8. The predicted octanol–water partition coefficient (Wildman–Crippen LogP) is 5.19. The molecule has 0 heterocycles. The Bertz CT molecular complexity index is 1000. The fourth-order valence-electron chi connectivity index (χ4n) is 2.53. The van der Waals surface area contributed by atoms with Crippen LogP contribution in [0.4, 0.5) is 10.1 Å². The first kappa shape index (κ1) is 18.5. The van der Waals surface area contributed by atoms with Gasteiger partial charge >= 0.3 is 0 Å². The summed E-state index contributed by atoms with van der Waals surface area (Å²) in [6.07, 6.45) is 1.01. The Morgan fingerprint density at radius 3 is 2.12 bits per heavy atom. The van der Waals surface area contributed by atoms with E-state index < -0.39 is 26.7 Å². The highest BCUT2D eigenvalue weighted by molar-refractivity contribution is 7.97. The van der Waals surface area contributed by atoms with Gasteiger partial charge in [-0.05, 0) is 49.4 Å². The first-order valence-corrected chi connectivity index (χ1v) is 11.0. The summed E-state index contributed by atoms with van der Waals surface area (Å²) in [5.41, 5.74) is 1.27. The van der Waals surface area contributed by atoms with E-state index in [2.05, 4.69) is 4.72 Å². The van der Waals surface area contributed by atoms with Crippen molar-refractivity contribution >= 4 is 26.6 Å². The molecule has 0 N–H and O–H groups in total. The van der Waals surface area contributed by atoms with E-state index in [0.717, 1.165) is 21.6 Å². The summed E-state index contributed by atoms with van der Waals surface area (Å²) in [5, 5.41) is 0. The maximum Gasteiger partial charge on any atom is 0.166 e. The second-order valence-corrected chi connectivity index (χ2v) is 9.51. The summed E-state index contributed by atoms with van der Waals surface area (Å²) in [6.45, 7) is 2.01. The van der Waals surface area contributed by atoms with E-state index in [9.17, 15) is 12.8 Å². The van der Waals surface area contributed by atoms with E-state index in [0.29, 0.717) is 4.90 Å². The molecule has 0 aliphatic rings. The van der Waals surface area contributed by atoms with E-state index in [1.807, 2.05) is 61.5 Å². The molecule has 3 nitrogen and oxygen atoms in total. The van der Waals surface area contributed by atoms with Crippen molar-refractivity contribution in [2.75, 3.05) is 6.26 Å². The van der Waals surface area contributed by atoms with Crippen molar-refractivity contribution < 1.29 is 12.8 Å². The molecule has 3 aromatic carbocycles.